The molecule has 0 saturated heterocycles. The van der Waals surface area contributed by atoms with E-state index in [1.165, 1.54) is 0 Å². The number of carbonyl (C=O) groups excluding carboxylic acids is 1. The summed E-state index contributed by atoms with van der Waals surface area (Å²) in [5.41, 5.74) is 2.39. The summed E-state index contributed by atoms with van der Waals surface area (Å²) in [7, 11) is 0. The van der Waals surface area contributed by atoms with Crippen LogP contribution in [0.2, 0.25) is 0 Å². The molecule has 3 aromatic rings. The first-order valence-corrected chi connectivity index (χ1v) is 8.30. The van der Waals surface area contributed by atoms with Crippen LogP contribution in [-0.4, -0.2) is 16.0 Å². The van der Waals surface area contributed by atoms with E-state index in [-0.39, 0.29) is 11.9 Å². The van der Waals surface area contributed by atoms with Crippen LogP contribution in [0, 0.1) is 6.92 Å². The molecule has 1 unspecified atom stereocenters. The molecule has 0 aliphatic rings. The fourth-order valence-electron chi connectivity index (χ4n) is 2.36. The van der Waals surface area contributed by atoms with Crippen molar-refractivity contribution in [3.05, 3.63) is 70.0 Å². The van der Waals surface area contributed by atoms with Crippen molar-refractivity contribution in [1.29, 1.82) is 0 Å². The summed E-state index contributed by atoms with van der Waals surface area (Å²) in [5.74, 6) is 0.890. The second kappa shape index (κ2) is 6.97. The number of hydrogen-bond acceptors (Lipinski definition) is 4. The molecule has 1 aromatic heterocycles. The van der Waals surface area contributed by atoms with E-state index in [0.29, 0.717) is 17.3 Å². The maximum atomic E-state index is 12.4. The highest BCUT2D eigenvalue weighted by atomic mass is 79.9. The lowest BCUT2D eigenvalue weighted by Crippen LogP contribution is -2.26. The highest BCUT2D eigenvalue weighted by Gasteiger charge is 2.14. The average Bonchev–Trinajstić information content (AvgIpc) is 3.02. The number of rotatable bonds is 4. The zero-order valence-corrected chi connectivity index (χ0v) is 14.9. The van der Waals surface area contributed by atoms with Gasteiger partial charge in [-0.05, 0) is 49.7 Å². The molecule has 1 atom stereocenters. The van der Waals surface area contributed by atoms with Gasteiger partial charge >= 0.3 is 0 Å². The number of aryl methyl sites for hydroxylation is 1. The van der Waals surface area contributed by atoms with E-state index in [1.54, 1.807) is 31.2 Å². The van der Waals surface area contributed by atoms with Gasteiger partial charge in [0.1, 0.15) is 0 Å². The van der Waals surface area contributed by atoms with Gasteiger partial charge in [-0.25, -0.2) is 0 Å². The monoisotopic (exact) mass is 385 g/mol. The largest absolute Gasteiger partial charge is 0.345 e. The topological polar surface area (TPSA) is 68.0 Å². The van der Waals surface area contributed by atoms with E-state index in [2.05, 4.69) is 31.4 Å². The first-order chi connectivity index (χ1) is 11.5. The average molecular weight is 386 g/mol. The number of nitrogens with one attached hydrogen (secondary N) is 1. The molecule has 5 nitrogen and oxygen atoms in total. The maximum absolute atomic E-state index is 12.4. The standard InChI is InChI=1S/C18H16BrN3O2/c1-11(15-5-3-4-6-16(15)19)20-17(23)13-7-9-14(10-8-13)18-21-12(2)22-24-18/h3-11H,1-2H3,(H,20,23). The van der Waals surface area contributed by atoms with E-state index >= 15 is 0 Å². The lowest BCUT2D eigenvalue weighted by atomic mass is 10.1. The zero-order chi connectivity index (χ0) is 17.1. The fraction of sp³-hybridized carbons (Fsp3) is 0.167. The minimum Gasteiger partial charge on any atom is -0.345 e. The Kier molecular flexibility index (Phi) is 4.76. The number of hydrogen-bond donors (Lipinski definition) is 1. The van der Waals surface area contributed by atoms with Gasteiger partial charge in [-0.2, -0.15) is 4.98 Å². The van der Waals surface area contributed by atoms with Crippen LogP contribution in [-0.2, 0) is 0 Å². The summed E-state index contributed by atoms with van der Waals surface area (Å²) in [6, 6.07) is 14.8. The predicted molar refractivity (Wildman–Crippen MR) is 94.5 cm³/mol. The third kappa shape index (κ3) is 3.54. The Labute approximate surface area is 148 Å². The molecule has 1 amide bonds. The summed E-state index contributed by atoms with van der Waals surface area (Å²) in [6.07, 6.45) is 0. The van der Waals surface area contributed by atoms with Gasteiger partial charge in [-0.15, -0.1) is 0 Å². The van der Waals surface area contributed by atoms with Crippen molar-refractivity contribution in [1.82, 2.24) is 15.5 Å². The van der Waals surface area contributed by atoms with Crippen molar-refractivity contribution in [2.75, 3.05) is 0 Å². The molecule has 0 aliphatic carbocycles. The predicted octanol–water partition coefficient (Wildman–Crippen LogP) is 4.30. The highest BCUT2D eigenvalue weighted by Crippen LogP contribution is 2.23. The molecule has 0 saturated carbocycles. The number of nitrogens with zero attached hydrogens (tertiary/aromatic N) is 2. The van der Waals surface area contributed by atoms with Crippen molar-refractivity contribution >= 4 is 21.8 Å². The van der Waals surface area contributed by atoms with E-state index in [9.17, 15) is 4.79 Å². The van der Waals surface area contributed by atoms with E-state index in [4.69, 9.17) is 4.52 Å². The summed E-state index contributed by atoms with van der Waals surface area (Å²) in [4.78, 5) is 16.6. The molecule has 1 N–H and O–H groups in total. The SMILES string of the molecule is Cc1noc(-c2ccc(C(=O)NC(C)c3ccccc3Br)cc2)n1. The molecule has 6 heteroatoms. The van der Waals surface area contributed by atoms with Crippen molar-refractivity contribution in [3.63, 3.8) is 0 Å². The number of halogens is 1. The smallest absolute Gasteiger partial charge is 0.257 e. The molecule has 2 aromatic carbocycles. The van der Waals surface area contributed by atoms with Crippen molar-refractivity contribution in [2.45, 2.75) is 19.9 Å². The molecule has 0 aliphatic heterocycles. The van der Waals surface area contributed by atoms with Crippen molar-refractivity contribution < 1.29 is 9.32 Å². The number of amides is 1. The van der Waals surface area contributed by atoms with Gasteiger partial charge in [-0.3, -0.25) is 4.79 Å². The van der Waals surface area contributed by atoms with Crippen molar-refractivity contribution in [2.24, 2.45) is 0 Å². The summed E-state index contributed by atoms with van der Waals surface area (Å²) >= 11 is 3.51. The van der Waals surface area contributed by atoms with Crippen LogP contribution in [0.4, 0.5) is 0 Å². The van der Waals surface area contributed by atoms with Gasteiger partial charge < -0.3 is 9.84 Å². The maximum Gasteiger partial charge on any atom is 0.257 e. The quantitative estimate of drug-likeness (QED) is 0.726. The summed E-state index contributed by atoms with van der Waals surface area (Å²) in [6.45, 7) is 3.71. The molecule has 24 heavy (non-hydrogen) atoms. The van der Waals surface area contributed by atoms with Crippen LogP contribution in [0.3, 0.4) is 0 Å². The van der Waals surface area contributed by atoms with Gasteiger partial charge in [-0.1, -0.05) is 39.3 Å². The van der Waals surface area contributed by atoms with Gasteiger partial charge in [0.05, 0.1) is 6.04 Å². The molecule has 0 fully saturated rings. The Bertz CT molecular complexity index is 859. The van der Waals surface area contributed by atoms with Crippen LogP contribution in [0.1, 0.15) is 34.7 Å². The fourth-order valence-corrected chi connectivity index (χ4v) is 2.99. The van der Waals surface area contributed by atoms with E-state index < -0.39 is 0 Å². The third-order valence-electron chi connectivity index (χ3n) is 3.64. The molecular weight excluding hydrogens is 370 g/mol. The van der Waals surface area contributed by atoms with Crippen LogP contribution in [0.5, 0.6) is 0 Å². The first kappa shape index (κ1) is 16.4. The minimum atomic E-state index is -0.133. The highest BCUT2D eigenvalue weighted by molar-refractivity contribution is 9.10. The van der Waals surface area contributed by atoms with Gasteiger partial charge in [0, 0.05) is 15.6 Å². The number of carbonyl (C=O) groups is 1. The second-order valence-electron chi connectivity index (χ2n) is 5.44. The minimum absolute atomic E-state index is 0.105. The molecule has 1 heterocycles. The van der Waals surface area contributed by atoms with Crippen LogP contribution in [0.15, 0.2) is 57.5 Å². The molecule has 0 bridgehead atoms. The van der Waals surface area contributed by atoms with Crippen molar-refractivity contribution in [3.8, 4) is 11.5 Å². The van der Waals surface area contributed by atoms with Gasteiger partial charge in [0.25, 0.3) is 11.8 Å². The summed E-state index contributed by atoms with van der Waals surface area (Å²) in [5, 5.41) is 6.76. The Morgan fingerprint density at radius 1 is 1.17 bits per heavy atom. The second-order valence-corrected chi connectivity index (χ2v) is 6.30. The number of benzene rings is 2. The molecule has 122 valence electrons. The summed E-state index contributed by atoms with van der Waals surface area (Å²) < 4.78 is 6.09. The van der Waals surface area contributed by atoms with Crippen LogP contribution >= 0.6 is 15.9 Å². The van der Waals surface area contributed by atoms with Gasteiger partial charge in [0.2, 0.25) is 0 Å². The lowest BCUT2D eigenvalue weighted by molar-refractivity contribution is 0.0940. The Balaban J connectivity index is 1.72. The molecular formula is C18H16BrN3O2. The molecule has 3 rings (SSSR count). The Morgan fingerprint density at radius 2 is 1.88 bits per heavy atom. The van der Waals surface area contributed by atoms with Crippen LogP contribution < -0.4 is 5.32 Å². The van der Waals surface area contributed by atoms with E-state index in [0.717, 1.165) is 15.6 Å². The van der Waals surface area contributed by atoms with Crippen LogP contribution in [0.25, 0.3) is 11.5 Å². The Hall–Kier alpha value is -2.47. The van der Waals surface area contributed by atoms with Gasteiger partial charge in [0.15, 0.2) is 5.82 Å². The lowest BCUT2D eigenvalue weighted by Gasteiger charge is -2.16. The first-order valence-electron chi connectivity index (χ1n) is 7.50. The van der Waals surface area contributed by atoms with E-state index in [1.807, 2.05) is 31.2 Å². The molecule has 0 radical (unpaired) electrons. The zero-order valence-electron chi connectivity index (χ0n) is 13.3. The normalized spacial score (nSPS) is 12.0. The third-order valence-corrected chi connectivity index (χ3v) is 4.36. The Morgan fingerprint density at radius 3 is 2.50 bits per heavy atom. The number of aromatic nitrogens is 2. The molecule has 0 spiro atoms.